The maximum absolute atomic E-state index is 14.0. The smallest absolute Gasteiger partial charge is 0.233 e. The van der Waals surface area contributed by atoms with Crippen molar-refractivity contribution < 1.29 is 18.7 Å². The minimum atomic E-state index is -0.357. The highest BCUT2D eigenvalue weighted by Gasteiger charge is 2.28. The number of amides is 1. The van der Waals surface area contributed by atoms with Crippen LogP contribution in [0.2, 0.25) is 0 Å². The number of aromatic nitrogens is 2. The fourth-order valence-corrected chi connectivity index (χ4v) is 2.85. The molecule has 138 valence electrons. The number of nitrogens with zero attached hydrogens (tertiary/aromatic N) is 2. The molecule has 0 aliphatic carbocycles. The van der Waals surface area contributed by atoms with Crippen molar-refractivity contribution in [3.63, 3.8) is 0 Å². The molecule has 1 aliphatic rings. The fraction of sp³-hybridized carbons (Fsp3) is 0.421. The van der Waals surface area contributed by atoms with Crippen LogP contribution in [-0.4, -0.2) is 35.9 Å². The van der Waals surface area contributed by atoms with Crippen LogP contribution in [-0.2, 0) is 11.2 Å². The van der Waals surface area contributed by atoms with Crippen LogP contribution in [0, 0.1) is 11.7 Å². The van der Waals surface area contributed by atoms with Crippen molar-refractivity contribution in [2.75, 3.05) is 13.7 Å². The van der Waals surface area contributed by atoms with Gasteiger partial charge in [0, 0.05) is 29.5 Å². The topological polar surface area (TPSA) is 73.3 Å². The number of carbonyl (C=O) groups is 1. The van der Waals surface area contributed by atoms with Gasteiger partial charge in [-0.05, 0) is 24.6 Å². The van der Waals surface area contributed by atoms with Crippen molar-refractivity contribution in [3.8, 4) is 22.9 Å². The van der Waals surface area contributed by atoms with Crippen molar-refractivity contribution in [1.82, 2.24) is 15.5 Å². The second-order valence-electron chi connectivity index (χ2n) is 6.40. The van der Waals surface area contributed by atoms with Crippen LogP contribution < -0.4 is 14.8 Å². The maximum atomic E-state index is 14.0. The molecule has 1 aromatic heterocycles. The third-order valence-electron chi connectivity index (χ3n) is 4.55. The lowest BCUT2D eigenvalue weighted by Gasteiger charge is -2.15. The number of hydrogen-bond donors (Lipinski definition) is 1. The molecule has 0 fully saturated rings. The average Bonchev–Trinajstić information content (AvgIpc) is 3.07. The van der Waals surface area contributed by atoms with E-state index in [1.807, 2.05) is 13.8 Å². The summed E-state index contributed by atoms with van der Waals surface area (Å²) in [4.78, 5) is 11.9. The van der Waals surface area contributed by atoms with Gasteiger partial charge in [0.1, 0.15) is 17.7 Å². The lowest BCUT2D eigenvalue weighted by molar-refractivity contribution is -0.124. The molecule has 1 N–H and O–H groups in total. The largest absolute Gasteiger partial charge is 0.487 e. The highest BCUT2D eigenvalue weighted by Crippen LogP contribution is 2.38. The van der Waals surface area contributed by atoms with Crippen molar-refractivity contribution in [2.45, 2.75) is 32.8 Å². The summed E-state index contributed by atoms with van der Waals surface area (Å²) in [5, 5.41) is 10.9. The first kappa shape index (κ1) is 18.1. The van der Waals surface area contributed by atoms with E-state index in [4.69, 9.17) is 9.47 Å². The zero-order chi connectivity index (χ0) is 18.7. The zero-order valence-corrected chi connectivity index (χ0v) is 15.1. The Labute approximate surface area is 151 Å². The predicted octanol–water partition coefficient (Wildman–Crippen LogP) is 2.76. The van der Waals surface area contributed by atoms with E-state index >= 15 is 0 Å². The minimum absolute atomic E-state index is 0.000480. The van der Waals surface area contributed by atoms with Gasteiger partial charge in [-0.25, -0.2) is 4.39 Å². The average molecular weight is 359 g/mol. The van der Waals surface area contributed by atoms with Gasteiger partial charge in [0.2, 0.25) is 11.8 Å². The third kappa shape index (κ3) is 3.76. The SMILES string of the molecule is CC[C@H](C)C(=O)NC[C@@H]1Cc2cc(F)cc(-c3ccc(OC)nn3)c2O1. The Morgan fingerprint density at radius 2 is 2.23 bits per heavy atom. The van der Waals surface area contributed by atoms with Gasteiger partial charge in [-0.1, -0.05) is 13.8 Å². The molecule has 1 aromatic carbocycles. The second kappa shape index (κ2) is 7.68. The minimum Gasteiger partial charge on any atom is -0.487 e. The molecule has 0 radical (unpaired) electrons. The molecule has 0 unspecified atom stereocenters. The number of fused-ring (bicyclic) bond motifs is 1. The maximum Gasteiger partial charge on any atom is 0.233 e. The summed E-state index contributed by atoms with van der Waals surface area (Å²) in [7, 11) is 1.50. The second-order valence-corrected chi connectivity index (χ2v) is 6.40. The van der Waals surface area contributed by atoms with Crippen molar-refractivity contribution >= 4 is 5.91 Å². The Bertz CT molecular complexity index is 795. The highest BCUT2D eigenvalue weighted by atomic mass is 19.1. The molecule has 2 heterocycles. The molecule has 0 spiro atoms. The number of benzene rings is 1. The Morgan fingerprint density at radius 3 is 2.88 bits per heavy atom. The summed E-state index contributed by atoms with van der Waals surface area (Å²) in [6.45, 7) is 4.24. The number of nitrogens with one attached hydrogen (secondary N) is 1. The molecule has 7 heteroatoms. The first-order valence-corrected chi connectivity index (χ1v) is 8.66. The molecule has 3 rings (SSSR count). The van der Waals surface area contributed by atoms with Crippen LogP contribution in [0.3, 0.4) is 0 Å². The molecule has 1 aliphatic heterocycles. The Kier molecular flexibility index (Phi) is 5.35. The van der Waals surface area contributed by atoms with E-state index in [0.717, 1.165) is 12.0 Å². The molecular weight excluding hydrogens is 337 g/mol. The molecule has 1 amide bonds. The van der Waals surface area contributed by atoms with E-state index in [1.165, 1.54) is 19.2 Å². The van der Waals surface area contributed by atoms with Crippen molar-refractivity contribution in [3.05, 3.63) is 35.6 Å². The molecular formula is C19H22FN3O3. The molecule has 0 saturated heterocycles. The quantitative estimate of drug-likeness (QED) is 0.859. The van der Waals surface area contributed by atoms with Crippen LogP contribution in [0.5, 0.6) is 11.6 Å². The normalized spacial score (nSPS) is 16.5. The molecule has 2 atom stereocenters. The predicted molar refractivity (Wildman–Crippen MR) is 94.6 cm³/mol. The lowest BCUT2D eigenvalue weighted by Crippen LogP contribution is -2.37. The van der Waals surface area contributed by atoms with Gasteiger partial charge in [-0.2, -0.15) is 0 Å². The van der Waals surface area contributed by atoms with Gasteiger partial charge in [-0.15, -0.1) is 10.2 Å². The number of hydrogen-bond acceptors (Lipinski definition) is 5. The first-order chi connectivity index (χ1) is 12.5. The number of ether oxygens (including phenoxy) is 2. The van der Waals surface area contributed by atoms with Crippen LogP contribution in [0.15, 0.2) is 24.3 Å². The summed E-state index contributed by atoms with van der Waals surface area (Å²) in [6.07, 6.45) is 1.08. The number of halogens is 1. The number of methoxy groups -OCH3 is 1. The third-order valence-corrected chi connectivity index (χ3v) is 4.55. The van der Waals surface area contributed by atoms with E-state index < -0.39 is 0 Å². The molecule has 2 aromatic rings. The van der Waals surface area contributed by atoms with Crippen LogP contribution in [0.1, 0.15) is 25.8 Å². The molecule has 26 heavy (non-hydrogen) atoms. The van der Waals surface area contributed by atoms with E-state index in [0.29, 0.717) is 35.9 Å². The van der Waals surface area contributed by atoms with Gasteiger partial charge >= 0.3 is 0 Å². The number of carbonyl (C=O) groups excluding carboxylic acids is 1. The fourth-order valence-electron chi connectivity index (χ4n) is 2.85. The summed E-state index contributed by atoms with van der Waals surface area (Å²) < 4.78 is 25.0. The van der Waals surface area contributed by atoms with Gasteiger partial charge in [0.15, 0.2) is 0 Å². The van der Waals surface area contributed by atoms with Crippen LogP contribution >= 0.6 is 0 Å². The zero-order valence-electron chi connectivity index (χ0n) is 15.1. The first-order valence-electron chi connectivity index (χ1n) is 8.66. The van der Waals surface area contributed by atoms with Gasteiger partial charge in [0.05, 0.1) is 19.3 Å². The van der Waals surface area contributed by atoms with Crippen molar-refractivity contribution in [1.29, 1.82) is 0 Å². The Balaban J connectivity index is 1.78. The summed E-state index contributed by atoms with van der Waals surface area (Å²) in [5.41, 5.74) is 1.82. The number of rotatable bonds is 6. The Morgan fingerprint density at radius 1 is 1.42 bits per heavy atom. The van der Waals surface area contributed by atoms with Crippen LogP contribution in [0.25, 0.3) is 11.3 Å². The summed E-state index contributed by atoms with van der Waals surface area (Å²) >= 11 is 0. The van der Waals surface area contributed by atoms with Gasteiger partial charge in [0.25, 0.3) is 0 Å². The highest BCUT2D eigenvalue weighted by molar-refractivity contribution is 5.78. The Hall–Kier alpha value is -2.70. The van der Waals surface area contributed by atoms with E-state index in [1.54, 1.807) is 12.1 Å². The van der Waals surface area contributed by atoms with Crippen LogP contribution in [0.4, 0.5) is 4.39 Å². The standard InChI is InChI=1S/C19H22FN3O3/c1-4-11(2)19(24)21-10-14-8-12-7-13(20)9-15(18(12)26-14)16-5-6-17(25-3)23-22-16/h5-7,9,11,14H,4,8,10H2,1-3H3,(H,21,24)/t11-,14-/m0/s1. The summed E-state index contributed by atoms with van der Waals surface area (Å²) in [5.74, 6) is 0.576. The molecule has 6 nitrogen and oxygen atoms in total. The monoisotopic (exact) mass is 359 g/mol. The van der Waals surface area contributed by atoms with E-state index in [9.17, 15) is 9.18 Å². The van der Waals surface area contributed by atoms with E-state index in [-0.39, 0.29) is 23.7 Å². The van der Waals surface area contributed by atoms with Gasteiger partial charge < -0.3 is 14.8 Å². The lowest BCUT2D eigenvalue weighted by atomic mass is 10.0. The van der Waals surface area contributed by atoms with Gasteiger partial charge in [-0.3, -0.25) is 4.79 Å². The molecule has 0 saturated carbocycles. The van der Waals surface area contributed by atoms with E-state index in [2.05, 4.69) is 15.5 Å². The molecule has 0 bridgehead atoms. The summed E-state index contributed by atoms with van der Waals surface area (Å²) in [6, 6.07) is 6.22. The van der Waals surface area contributed by atoms with Crippen molar-refractivity contribution in [2.24, 2.45) is 5.92 Å².